The zero-order valence-corrected chi connectivity index (χ0v) is 15.9. The van der Waals surface area contributed by atoms with Gasteiger partial charge in [-0.25, -0.2) is 9.59 Å². The van der Waals surface area contributed by atoms with E-state index in [4.69, 9.17) is 9.84 Å². The Balaban J connectivity index is 2.24. The van der Waals surface area contributed by atoms with Gasteiger partial charge in [-0.15, -0.1) is 0 Å². The molecule has 1 aliphatic rings. The fraction of sp³-hybridized carbons (Fsp3) is 0.579. The summed E-state index contributed by atoms with van der Waals surface area (Å²) in [5, 5.41) is 12.0. The SMILES string of the molecule is CCOC(=O)c1ccc(C(F)(F)F)c(NC(CC)C2CCN(C(=O)O)CC2)c1. The maximum atomic E-state index is 13.4. The van der Waals surface area contributed by atoms with Crippen LogP contribution in [0.25, 0.3) is 0 Å². The van der Waals surface area contributed by atoms with Gasteiger partial charge >= 0.3 is 18.2 Å². The van der Waals surface area contributed by atoms with E-state index in [1.165, 1.54) is 11.0 Å². The molecular weight excluding hydrogens is 377 g/mol. The number of carbonyl (C=O) groups is 2. The molecular formula is C19H25F3N2O4. The van der Waals surface area contributed by atoms with Crippen LogP contribution in [0.15, 0.2) is 18.2 Å². The number of likely N-dealkylation sites (tertiary alicyclic amines) is 1. The number of ether oxygens (including phenoxy) is 1. The van der Waals surface area contributed by atoms with Crippen molar-refractivity contribution in [1.82, 2.24) is 4.90 Å². The molecule has 0 bridgehead atoms. The van der Waals surface area contributed by atoms with Crippen molar-refractivity contribution in [3.05, 3.63) is 29.3 Å². The highest BCUT2D eigenvalue weighted by Crippen LogP contribution is 2.37. The number of rotatable bonds is 6. The average Bonchev–Trinajstić information content (AvgIpc) is 2.65. The van der Waals surface area contributed by atoms with Crippen LogP contribution >= 0.6 is 0 Å². The van der Waals surface area contributed by atoms with Gasteiger partial charge in [0.15, 0.2) is 0 Å². The third kappa shape index (κ3) is 5.30. The molecule has 6 nitrogen and oxygen atoms in total. The van der Waals surface area contributed by atoms with Gasteiger partial charge in [0, 0.05) is 24.8 Å². The Morgan fingerprint density at radius 1 is 1.29 bits per heavy atom. The number of carbonyl (C=O) groups excluding carboxylic acids is 1. The number of nitrogens with zero attached hydrogens (tertiary/aromatic N) is 1. The first-order valence-electron chi connectivity index (χ1n) is 9.30. The molecule has 0 aromatic heterocycles. The minimum atomic E-state index is -4.57. The van der Waals surface area contributed by atoms with Crippen LogP contribution in [-0.2, 0) is 10.9 Å². The Hall–Kier alpha value is -2.45. The smallest absolute Gasteiger partial charge is 0.418 e. The minimum Gasteiger partial charge on any atom is -0.465 e. The summed E-state index contributed by atoms with van der Waals surface area (Å²) < 4.78 is 45.2. The highest BCUT2D eigenvalue weighted by molar-refractivity contribution is 5.91. The van der Waals surface area contributed by atoms with Gasteiger partial charge in [0.25, 0.3) is 0 Å². The molecule has 2 rings (SSSR count). The van der Waals surface area contributed by atoms with E-state index in [2.05, 4.69) is 5.32 Å². The largest absolute Gasteiger partial charge is 0.465 e. The summed E-state index contributed by atoms with van der Waals surface area (Å²) in [5.74, 6) is -0.643. The number of hydrogen-bond acceptors (Lipinski definition) is 4. The highest BCUT2D eigenvalue weighted by Gasteiger charge is 2.35. The minimum absolute atomic E-state index is 0.0351. The Morgan fingerprint density at radius 2 is 1.93 bits per heavy atom. The van der Waals surface area contributed by atoms with Gasteiger partial charge in [0.2, 0.25) is 0 Å². The molecule has 28 heavy (non-hydrogen) atoms. The molecule has 1 saturated heterocycles. The Labute approximate surface area is 161 Å². The summed E-state index contributed by atoms with van der Waals surface area (Å²) in [6, 6.07) is 2.90. The first-order valence-corrected chi connectivity index (χ1v) is 9.30. The fourth-order valence-corrected chi connectivity index (χ4v) is 3.50. The fourth-order valence-electron chi connectivity index (χ4n) is 3.50. The molecule has 1 aliphatic heterocycles. The zero-order valence-electron chi connectivity index (χ0n) is 15.9. The molecule has 1 aromatic carbocycles. The maximum absolute atomic E-state index is 13.4. The summed E-state index contributed by atoms with van der Waals surface area (Å²) in [6.07, 6.45) is -3.85. The highest BCUT2D eigenvalue weighted by atomic mass is 19.4. The van der Waals surface area contributed by atoms with Crippen LogP contribution in [0.4, 0.5) is 23.7 Å². The van der Waals surface area contributed by atoms with Crippen LogP contribution in [0.1, 0.15) is 49.0 Å². The Kier molecular flexibility index (Phi) is 7.15. The molecule has 9 heteroatoms. The van der Waals surface area contributed by atoms with E-state index in [1.807, 2.05) is 6.92 Å². The lowest BCUT2D eigenvalue weighted by molar-refractivity contribution is -0.137. The number of alkyl halides is 3. The molecule has 0 saturated carbocycles. The molecule has 1 amide bonds. The van der Waals surface area contributed by atoms with Crippen LogP contribution in [-0.4, -0.2) is 47.8 Å². The van der Waals surface area contributed by atoms with Crippen LogP contribution in [0.5, 0.6) is 0 Å². The Bertz CT molecular complexity index is 701. The van der Waals surface area contributed by atoms with Crippen molar-refractivity contribution in [2.45, 2.75) is 45.3 Å². The number of carboxylic acid groups (broad SMARTS) is 1. The summed E-state index contributed by atoms with van der Waals surface area (Å²) in [4.78, 5) is 24.3. The lowest BCUT2D eigenvalue weighted by Crippen LogP contribution is -2.42. The van der Waals surface area contributed by atoms with Crippen molar-refractivity contribution in [2.24, 2.45) is 5.92 Å². The van der Waals surface area contributed by atoms with Crippen molar-refractivity contribution in [3.63, 3.8) is 0 Å². The van der Waals surface area contributed by atoms with Crippen LogP contribution in [0.2, 0.25) is 0 Å². The van der Waals surface area contributed by atoms with E-state index in [9.17, 15) is 22.8 Å². The molecule has 1 fully saturated rings. The van der Waals surface area contributed by atoms with Crippen molar-refractivity contribution in [1.29, 1.82) is 0 Å². The number of anilines is 1. The number of nitrogens with one attached hydrogen (secondary N) is 1. The molecule has 1 aromatic rings. The average molecular weight is 402 g/mol. The van der Waals surface area contributed by atoms with Crippen molar-refractivity contribution >= 4 is 17.7 Å². The lowest BCUT2D eigenvalue weighted by Gasteiger charge is -2.35. The van der Waals surface area contributed by atoms with Gasteiger partial charge in [0.05, 0.1) is 17.7 Å². The molecule has 0 radical (unpaired) electrons. The topological polar surface area (TPSA) is 78.9 Å². The van der Waals surface area contributed by atoms with Crippen LogP contribution in [0.3, 0.4) is 0 Å². The number of amides is 1. The predicted molar refractivity (Wildman–Crippen MR) is 97.4 cm³/mol. The molecule has 1 atom stereocenters. The quantitative estimate of drug-likeness (QED) is 0.687. The normalized spacial score (nSPS) is 16.5. The van der Waals surface area contributed by atoms with Crippen molar-refractivity contribution in [3.8, 4) is 0 Å². The third-order valence-corrected chi connectivity index (χ3v) is 5.00. The molecule has 2 N–H and O–H groups in total. The summed E-state index contributed by atoms with van der Waals surface area (Å²) in [6.45, 7) is 4.32. The van der Waals surface area contributed by atoms with Crippen molar-refractivity contribution < 1.29 is 32.6 Å². The number of hydrogen-bond donors (Lipinski definition) is 2. The predicted octanol–water partition coefficient (Wildman–Crippen LogP) is 4.46. The van der Waals surface area contributed by atoms with Gasteiger partial charge in [-0.2, -0.15) is 13.2 Å². The zero-order chi connectivity index (χ0) is 20.9. The molecule has 0 spiro atoms. The Morgan fingerprint density at radius 3 is 2.43 bits per heavy atom. The number of benzene rings is 1. The van der Waals surface area contributed by atoms with Crippen molar-refractivity contribution in [2.75, 3.05) is 25.0 Å². The van der Waals surface area contributed by atoms with E-state index in [0.29, 0.717) is 32.4 Å². The number of halogens is 3. The van der Waals surface area contributed by atoms with Crippen LogP contribution < -0.4 is 5.32 Å². The molecule has 156 valence electrons. The standard InChI is InChI=1S/C19H25F3N2O4/c1-3-15(12-7-9-24(10-8-12)18(26)27)23-16-11-13(17(25)28-4-2)5-6-14(16)19(20,21)22/h5-6,11-12,15,23H,3-4,7-10H2,1-2H3,(H,26,27). The first-order chi connectivity index (χ1) is 13.2. The summed E-state index contributed by atoms with van der Waals surface area (Å²) in [7, 11) is 0. The molecule has 1 heterocycles. The van der Waals surface area contributed by atoms with Gasteiger partial charge in [-0.05, 0) is 50.3 Å². The summed E-state index contributed by atoms with van der Waals surface area (Å²) >= 11 is 0. The van der Waals surface area contributed by atoms with Crippen LogP contribution in [0, 0.1) is 5.92 Å². The summed E-state index contributed by atoms with van der Waals surface area (Å²) in [5.41, 5.74) is -0.958. The third-order valence-electron chi connectivity index (χ3n) is 5.00. The van der Waals surface area contributed by atoms with Gasteiger partial charge in [-0.3, -0.25) is 0 Å². The monoisotopic (exact) mass is 402 g/mol. The maximum Gasteiger partial charge on any atom is 0.418 e. The molecule has 1 unspecified atom stereocenters. The second-order valence-corrected chi connectivity index (χ2v) is 6.74. The second-order valence-electron chi connectivity index (χ2n) is 6.74. The number of piperidine rings is 1. The first kappa shape index (κ1) is 21.8. The van der Waals surface area contributed by atoms with Gasteiger partial charge in [-0.1, -0.05) is 6.92 Å². The van der Waals surface area contributed by atoms with E-state index < -0.39 is 23.8 Å². The molecule has 0 aliphatic carbocycles. The number of esters is 1. The lowest BCUT2D eigenvalue weighted by atomic mass is 9.87. The van der Waals surface area contributed by atoms with E-state index in [1.54, 1.807) is 6.92 Å². The van der Waals surface area contributed by atoms with E-state index in [0.717, 1.165) is 12.1 Å². The van der Waals surface area contributed by atoms with Gasteiger partial charge < -0.3 is 20.1 Å². The van der Waals surface area contributed by atoms with Gasteiger partial charge in [0.1, 0.15) is 0 Å². The second kappa shape index (κ2) is 9.16. The van der Waals surface area contributed by atoms with E-state index >= 15 is 0 Å². The van der Waals surface area contributed by atoms with E-state index in [-0.39, 0.29) is 29.8 Å².